The average molecular weight is 552 g/mol. The van der Waals surface area contributed by atoms with Gasteiger partial charge in [0.05, 0.1) is 11.7 Å². The summed E-state index contributed by atoms with van der Waals surface area (Å²) < 4.78 is 12.3. The molecule has 1 fully saturated rings. The molecule has 6 heteroatoms. The van der Waals surface area contributed by atoms with Crippen LogP contribution in [0.15, 0.2) is 0 Å². The van der Waals surface area contributed by atoms with Gasteiger partial charge in [0.2, 0.25) is 0 Å². The summed E-state index contributed by atoms with van der Waals surface area (Å²) in [5.41, 5.74) is 1.19. The molecule has 1 heterocycles. The van der Waals surface area contributed by atoms with Crippen LogP contribution in [-0.4, -0.2) is 38.3 Å². The van der Waals surface area contributed by atoms with Crippen LogP contribution in [0.1, 0.15) is 61.3 Å². The van der Waals surface area contributed by atoms with Crippen molar-refractivity contribution < 1.29 is 54.3 Å². The molecule has 0 aromatic rings. The van der Waals surface area contributed by atoms with Crippen LogP contribution in [0.5, 0.6) is 0 Å². The molecular weight excluding hydrogens is 516 g/mol. The Morgan fingerprint density at radius 2 is 1.65 bits per heavy atom. The molecule has 1 aliphatic rings. The van der Waals surface area contributed by atoms with Crippen molar-refractivity contribution in [1.29, 1.82) is 0 Å². The summed E-state index contributed by atoms with van der Waals surface area (Å²) in [5.74, 6) is 0. The predicted molar refractivity (Wildman–Crippen MR) is 90.9 cm³/mol. The van der Waals surface area contributed by atoms with Crippen molar-refractivity contribution in [2.75, 3.05) is 13.2 Å². The van der Waals surface area contributed by atoms with Gasteiger partial charge < -0.3 is 26.7 Å². The molecule has 0 aromatic heterocycles. The Labute approximate surface area is 171 Å². The van der Waals surface area contributed by atoms with Gasteiger partial charge in [-0.1, -0.05) is 41.5 Å². The second-order valence-electron chi connectivity index (χ2n) is 7.52. The number of rotatable bonds is 7. The average Bonchev–Trinajstić information content (AvgIpc) is 2.37. The fraction of sp³-hybridized carbons (Fsp3) is 0.941. The van der Waals surface area contributed by atoms with Gasteiger partial charge in [-0.25, -0.2) is 0 Å². The zero-order valence-electron chi connectivity index (χ0n) is 16.1. The van der Waals surface area contributed by atoms with E-state index in [1.807, 2.05) is 13.3 Å². The number of ether oxygens (including phenoxy) is 1. The fourth-order valence-electron chi connectivity index (χ4n) is 4.00. The Balaban J connectivity index is 0. The molecule has 134 valence electrons. The van der Waals surface area contributed by atoms with Gasteiger partial charge in [-0.05, 0) is 36.4 Å². The van der Waals surface area contributed by atoms with E-state index in [-0.39, 0.29) is 40.1 Å². The summed E-state index contributed by atoms with van der Waals surface area (Å²) >= 11 is 0. The van der Waals surface area contributed by atoms with Gasteiger partial charge >= 0.3 is 27.7 Å². The summed E-state index contributed by atoms with van der Waals surface area (Å²) in [7, 11) is -1.84. The van der Waals surface area contributed by atoms with Crippen LogP contribution in [0, 0.1) is 6.42 Å². The van der Waals surface area contributed by atoms with Crippen LogP contribution >= 0.6 is 0 Å². The zero-order chi connectivity index (χ0) is 16.3. The van der Waals surface area contributed by atoms with E-state index in [9.17, 15) is 5.11 Å². The van der Waals surface area contributed by atoms with Crippen LogP contribution in [0.2, 0.25) is 16.6 Å². The van der Waals surface area contributed by atoms with E-state index < -0.39 is 20.0 Å². The minimum Gasteiger partial charge on any atom is -1.00 e. The van der Waals surface area contributed by atoms with Crippen molar-refractivity contribution in [3.05, 3.63) is 6.42 Å². The van der Waals surface area contributed by atoms with E-state index in [1.165, 1.54) is 0 Å². The first kappa shape index (κ1) is 26.5. The summed E-state index contributed by atoms with van der Waals surface area (Å²) in [5, 5.41) is 10.2. The van der Waals surface area contributed by atoms with Gasteiger partial charge in [0.15, 0.2) is 8.32 Å². The van der Waals surface area contributed by atoms with Gasteiger partial charge in [0.1, 0.15) is 0 Å². The predicted octanol–water partition coefficient (Wildman–Crippen LogP) is 1.31. The number of hydrogen-bond donors (Lipinski definition) is 1. The first-order valence-electron chi connectivity index (χ1n) is 8.47. The van der Waals surface area contributed by atoms with Crippen LogP contribution < -0.4 is 12.4 Å². The standard InChI is InChI=1S/C17H35O3Si.ClH.Hg/c1-13(2)21(14(3)4,15(5)6)20-12-10-17(7)16(18)9-8-11-19-17;;/h10,13-16,18H,8-9,11-12H2,1-7H3;1H;/q;;+1/p-1/t16-,17+;;/m1../s1. The molecule has 0 bridgehead atoms. The van der Waals surface area contributed by atoms with Gasteiger partial charge in [0.25, 0.3) is 0 Å². The first-order valence-corrected chi connectivity index (χ1v) is 10.6. The van der Waals surface area contributed by atoms with E-state index in [2.05, 4.69) is 41.5 Å². The van der Waals surface area contributed by atoms with Gasteiger partial charge in [0, 0.05) is 19.6 Å². The molecular formula is C17H35ClHgO3Si. The molecule has 0 amide bonds. The third-order valence-corrected chi connectivity index (χ3v) is 11.3. The minimum atomic E-state index is -1.84. The molecule has 1 saturated heterocycles. The molecule has 0 unspecified atom stereocenters. The molecule has 3 nitrogen and oxygen atoms in total. The molecule has 1 rings (SSSR count). The summed E-state index contributed by atoms with van der Waals surface area (Å²) in [4.78, 5) is 0. The number of halogens is 1. The second kappa shape index (κ2) is 11.1. The smallest absolute Gasteiger partial charge is 1.00 e. The first-order chi connectivity index (χ1) is 9.67. The maximum Gasteiger partial charge on any atom is 1.00 e. The maximum atomic E-state index is 10.2. The van der Waals surface area contributed by atoms with Crippen molar-refractivity contribution >= 4 is 8.32 Å². The third kappa shape index (κ3) is 6.21. The molecule has 1 N–H and O–H groups in total. The largest absolute Gasteiger partial charge is 1.00 e. The molecule has 1 aliphatic heterocycles. The molecule has 2 atom stereocenters. The number of aliphatic hydroxyl groups is 1. The fourth-order valence-corrected chi connectivity index (χ4v) is 9.37. The van der Waals surface area contributed by atoms with Crippen molar-refractivity contribution in [3.8, 4) is 0 Å². The SMILES string of the molecule is CC(C)[Si](OC[CH][C@]1(C)OCCC[C@H]1O)(C(C)C)C(C)C.[Cl-].[Hg+]. The summed E-state index contributed by atoms with van der Waals surface area (Å²) in [6.45, 7) is 17.0. The van der Waals surface area contributed by atoms with Crippen molar-refractivity contribution in [2.45, 2.75) is 89.6 Å². The van der Waals surface area contributed by atoms with E-state index in [0.717, 1.165) is 19.4 Å². The Morgan fingerprint density at radius 1 is 1.17 bits per heavy atom. The second-order valence-corrected chi connectivity index (χ2v) is 13.0. The van der Waals surface area contributed by atoms with Crippen LogP contribution in [0.25, 0.3) is 0 Å². The van der Waals surface area contributed by atoms with Crippen molar-refractivity contribution in [3.63, 3.8) is 0 Å². The molecule has 2 radical (unpaired) electrons. The van der Waals surface area contributed by atoms with Crippen LogP contribution in [-0.2, 0) is 36.8 Å². The molecule has 23 heavy (non-hydrogen) atoms. The van der Waals surface area contributed by atoms with Crippen LogP contribution in [0.4, 0.5) is 0 Å². The van der Waals surface area contributed by atoms with Gasteiger partial charge in [-0.3, -0.25) is 0 Å². The zero-order valence-corrected chi connectivity index (χ0v) is 23.3. The maximum absolute atomic E-state index is 10.2. The summed E-state index contributed by atoms with van der Waals surface area (Å²) in [6.07, 6.45) is 3.39. The molecule has 0 aromatic carbocycles. The van der Waals surface area contributed by atoms with Crippen molar-refractivity contribution in [1.82, 2.24) is 0 Å². The van der Waals surface area contributed by atoms with Crippen LogP contribution in [0.3, 0.4) is 0 Å². The van der Waals surface area contributed by atoms with Gasteiger partial charge in [-0.2, -0.15) is 0 Å². The third-order valence-electron chi connectivity index (χ3n) is 5.23. The molecule has 0 aliphatic carbocycles. The Hall–Kier alpha value is 1.32. The van der Waals surface area contributed by atoms with Gasteiger partial charge in [-0.15, -0.1) is 0 Å². The number of aliphatic hydroxyl groups excluding tert-OH is 1. The van der Waals surface area contributed by atoms with E-state index in [0.29, 0.717) is 23.2 Å². The minimum absolute atomic E-state index is 0. The summed E-state index contributed by atoms with van der Waals surface area (Å²) in [6, 6.07) is 0. The monoisotopic (exact) mass is 552 g/mol. The molecule has 0 spiro atoms. The van der Waals surface area contributed by atoms with E-state index in [4.69, 9.17) is 9.16 Å². The Bertz CT molecular complexity index is 307. The Kier molecular flexibility index (Phi) is 12.8. The topological polar surface area (TPSA) is 38.7 Å². The normalized spacial score (nSPS) is 25.4. The van der Waals surface area contributed by atoms with Crippen molar-refractivity contribution in [2.24, 2.45) is 0 Å². The van der Waals surface area contributed by atoms with E-state index in [1.54, 1.807) is 0 Å². The quantitative estimate of drug-likeness (QED) is 0.486. The molecule has 0 saturated carbocycles. The number of hydrogen-bond acceptors (Lipinski definition) is 3. The Morgan fingerprint density at radius 3 is 2.04 bits per heavy atom. The van der Waals surface area contributed by atoms with E-state index >= 15 is 0 Å².